The van der Waals surface area contributed by atoms with E-state index in [1.807, 2.05) is 33.7 Å². The molecule has 30 heavy (non-hydrogen) atoms. The van der Waals surface area contributed by atoms with Gasteiger partial charge in [0.2, 0.25) is 5.91 Å². The van der Waals surface area contributed by atoms with E-state index in [-0.39, 0.29) is 5.91 Å². The maximum atomic E-state index is 12.7. The minimum absolute atomic E-state index is 0.165. The Bertz CT molecular complexity index is 968. The van der Waals surface area contributed by atoms with E-state index in [9.17, 15) is 4.79 Å². The lowest BCUT2D eigenvalue weighted by Crippen LogP contribution is -2.39. The lowest BCUT2D eigenvalue weighted by Gasteiger charge is -2.32. The lowest BCUT2D eigenvalue weighted by atomic mass is 9.90. The van der Waals surface area contributed by atoms with Crippen LogP contribution in [0.4, 0.5) is 0 Å². The number of aromatic nitrogens is 3. The number of methoxy groups -OCH3 is 1. The Morgan fingerprint density at radius 3 is 2.70 bits per heavy atom. The highest BCUT2D eigenvalue weighted by Gasteiger charge is 2.23. The van der Waals surface area contributed by atoms with Crippen molar-refractivity contribution in [2.24, 2.45) is 5.92 Å². The molecule has 2 heterocycles. The van der Waals surface area contributed by atoms with Crippen molar-refractivity contribution in [2.45, 2.75) is 24.4 Å². The SMILES string of the molecule is COc1cccc(-n2cnnc2SCC(=O)N2CCC(Cc3ccccc3)CC2)c1. The van der Waals surface area contributed by atoms with Crippen LogP contribution in [0.2, 0.25) is 0 Å². The number of amides is 1. The summed E-state index contributed by atoms with van der Waals surface area (Å²) in [4.78, 5) is 14.7. The maximum absolute atomic E-state index is 12.7. The van der Waals surface area contributed by atoms with E-state index in [0.717, 1.165) is 43.8 Å². The first kappa shape index (κ1) is 20.5. The number of carbonyl (C=O) groups is 1. The van der Waals surface area contributed by atoms with Crippen LogP contribution in [0.25, 0.3) is 5.69 Å². The summed E-state index contributed by atoms with van der Waals surface area (Å²) in [5.74, 6) is 1.96. The monoisotopic (exact) mass is 422 g/mol. The van der Waals surface area contributed by atoms with E-state index in [1.165, 1.54) is 17.3 Å². The number of ether oxygens (including phenoxy) is 1. The molecule has 1 saturated heterocycles. The van der Waals surface area contributed by atoms with Gasteiger partial charge in [-0.25, -0.2) is 0 Å². The minimum Gasteiger partial charge on any atom is -0.497 e. The molecule has 0 saturated carbocycles. The van der Waals surface area contributed by atoms with Gasteiger partial charge in [-0.3, -0.25) is 9.36 Å². The Balaban J connectivity index is 1.29. The largest absolute Gasteiger partial charge is 0.497 e. The maximum Gasteiger partial charge on any atom is 0.233 e. The molecule has 1 aliphatic rings. The Kier molecular flexibility index (Phi) is 6.69. The third-order valence-corrected chi connectivity index (χ3v) is 6.43. The summed E-state index contributed by atoms with van der Waals surface area (Å²) in [6, 6.07) is 18.3. The van der Waals surface area contributed by atoms with E-state index in [1.54, 1.807) is 13.4 Å². The van der Waals surface area contributed by atoms with Gasteiger partial charge in [-0.15, -0.1) is 10.2 Å². The fourth-order valence-electron chi connectivity index (χ4n) is 3.81. The van der Waals surface area contributed by atoms with Gasteiger partial charge in [-0.1, -0.05) is 48.2 Å². The molecule has 1 aromatic heterocycles. The van der Waals surface area contributed by atoms with E-state index in [2.05, 4.69) is 40.5 Å². The number of thioether (sulfide) groups is 1. The molecule has 0 atom stereocenters. The molecule has 0 bridgehead atoms. The fourth-order valence-corrected chi connectivity index (χ4v) is 4.64. The summed E-state index contributed by atoms with van der Waals surface area (Å²) < 4.78 is 7.18. The van der Waals surface area contributed by atoms with Gasteiger partial charge in [0.15, 0.2) is 5.16 Å². The van der Waals surface area contributed by atoms with E-state index >= 15 is 0 Å². The van der Waals surface area contributed by atoms with Crippen LogP contribution in [0, 0.1) is 5.92 Å². The standard InChI is InChI=1S/C23H26N4O2S/c1-29-21-9-5-8-20(15-21)27-17-24-25-23(27)30-16-22(28)26-12-10-19(11-13-26)14-18-6-3-2-4-7-18/h2-9,15,17,19H,10-14,16H2,1H3. The molecule has 1 fully saturated rings. The average molecular weight is 423 g/mol. The predicted molar refractivity (Wildman–Crippen MR) is 118 cm³/mol. The van der Waals surface area contributed by atoms with Crippen LogP contribution < -0.4 is 4.74 Å². The summed E-state index contributed by atoms with van der Waals surface area (Å²) in [6.45, 7) is 1.67. The van der Waals surface area contributed by atoms with Crippen LogP contribution in [-0.2, 0) is 11.2 Å². The van der Waals surface area contributed by atoms with Crippen molar-refractivity contribution in [1.82, 2.24) is 19.7 Å². The highest BCUT2D eigenvalue weighted by atomic mass is 32.2. The van der Waals surface area contributed by atoms with E-state index in [4.69, 9.17) is 4.74 Å². The van der Waals surface area contributed by atoms with Crippen LogP contribution in [0.15, 0.2) is 66.1 Å². The number of hydrogen-bond donors (Lipinski definition) is 0. The molecule has 2 aromatic carbocycles. The number of likely N-dealkylation sites (tertiary alicyclic amines) is 1. The first-order chi connectivity index (χ1) is 14.7. The highest BCUT2D eigenvalue weighted by Crippen LogP contribution is 2.25. The first-order valence-corrected chi connectivity index (χ1v) is 11.2. The van der Waals surface area contributed by atoms with Crippen molar-refractivity contribution >= 4 is 17.7 Å². The van der Waals surface area contributed by atoms with Gasteiger partial charge in [0.25, 0.3) is 0 Å². The zero-order valence-electron chi connectivity index (χ0n) is 17.1. The zero-order chi connectivity index (χ0) is 20.8. The molecule has 7 heteroatoms. The normalized spacial score (nSPS) is 14.6. The van der Waals surface area contributed by atoms with Crippen LogP contribution >= 0.6 is 11.8 Å². The Hall–Kier alpha value is -2.80. The number of carbonyl (C=O) groups excluding carboxylic acids is 1. The van der Waals surface area contributed by atoms with Crippen molar-refractivity contribution in [3.05, 3.63) is 66.5 Å². The topological polar surface area (TPSA) is 60.2 Å². The third-order valence-electron chi connectivity index (χ3n) is 5.51. The first-order valence-electron chi connectivity index (χ1n) is 10.2. The summed E-state index contributed by atoms with van der Waals surface area (Å²) >= 11 is 1.42. The molecular weight excluding hydrogens is 396 g/mol. The summed E-state index contributed by atoms with van der Waals surface area (Å²) in [7, 11) is 1.64. The average Bonchev–Trinajstić information content (AvgIpc) is 3.27. The smallest absolute Gasteiger partial charge is 0.233 e. The number of benzene rings is 2. The van der Waals surface area contributed by atoms with Gasteiger partial charge in [0, 0.05) is 19.2 Å². The predicted octanol–water partition coefficient (Wildman–Crippen LogP) is 3.85. The van der Waals surface area contributed by atoms with Crippen LogP contribution in [0.1, 0.15) is 18.4 Å². The fraction of sp³-hybridized carbons (Fsp3) is 0.348. The van der Waals surface area contributed by atoms with Gasteiger partial charge >= 0.3 is 0 Å². The lowest BCUT2D eigenvalue weighted by molar-refractivity contribution is -0.129. The van der Waals surface area contributed by atoms with Gasteiger partial charge in [-0.05, 0) is 42.9 Å². The highest BCUT2D eigenvalue weighted by molar-refractivity contribution is 7.99. The van der Waals surface area contributed by atoms with Crippen molar-refractivity contribution < 1.29 is 9.53 Å². The van der Waals surface area contributed by atoms with E-state index in [0.29, 0.717) is 16.8 Å². The quantitative estimate of drug-likeness (QED) is 0.541. The van der Waals surface area contributed by atoms with E-state index < -0.39 is 0 Å². The zero-order valence-corrected chi connectivity index (χ0v) is 17.9. The molecule has 1 aliphatic heterocycles. The van der Waals surface area contributed by atoms with Gasteiger partial charge in [0.05, 0.1) is 18.6 Å². The molecule has 4 rings (SSSR count). The Labute approximate surface area is 181 Å². The van der Waals surface area contributed by atoms with Crippen molar-refractivity contribution in [3.63, 3.8) is 0 Å². The summed E-state index contributed by atoms with van der Waals surface area (Å²) in [5.41, 5.74) is 2.30. The molecule has 0 spiro atoms. The van der Waals surface area contributed by atoms with Crippen LogP contribution in [-0.4, -0.2) is 51.5 Å². The van der Waals surface area contributed by atoms with Gasteiger partial charge < -0.3 is 9.64 Å². The molecule has 1 amide bonds. The minimum atomic E-state index is 0.165. The molecular formula is C23H26N4O2S. The molecule has 0 unspecified atom stereocenters. The molecule has 6 nitrogen and oxygen atoms in total. The van der Waals surface area contributed by atoms with Crippen molar-refractivity contribution in [2.75, 3.05) is 26.0 Å². The van der Waals surface area contributed by atoms with Crippen LogP contribution in [0.5, 0.6) is 5.75 Å². The molecule has 0 radical (unpaired) electrons. The second kappa shape index (κ2) is 9.80. The summed E-state index contributed by atoms with van der Waals surface area (Å²) in [5, 5.41) is 8.91. The molecule has 156 valence electrons. The van der Waals surface area contributed by atoms with Gasteiger partial charge in [-0.2, -0.15) is 0 Å². The van der Waals surface area contributed by atoms with Crippen molar-refractivity contribution in [3.8, 4) is 11.4 Å². The Morgan fingerprint density at radius 2 is 1.93 bits per heavy atom. The second-order valence-corrected chi connectivity index (χ2v) is 8.43. The number of piperidine rings is 1. The van der Waals surface area contributed by atoms with Gasteiger partial charge in [0.1, 0.15) is 12.1 Å². The second-order valence-electron chi connectivity index (χ2n) is 7.49. The molecule has 0 aliphatic carbocycles. The number of rotatable bonds is 7. The Morgan fingerprint density at radius 1 is 1.13 bits per heavy atom. The van der Waals surface area contributed by atoms with Crippen LogP contribution in [0.3, 0.4) is 0 Å². The number of nitrogens with zero attached hydrogens (tertiary/aromatic N) is 4. The third kappa shape index (κ3) is 5.02. The molecule has 3 aromatic rings. The molecule has 0 N–H and O–H groups in total. The number of hydrogen-bond acceptors (Lipinski definition) is 5. The van der Waals surface area contributed by atoms with Crippen molar-refractivity contribution in [1.29, 1.82) is 0 Å². The summed E-state index contributed by atoms with van der Waals surface area (Å²) in [6.07, 6.45) is 4.88.